The van der Waals surface area contributed by atoms with Gasteiger partial charge in [-0.15, -0.1) is 11.3 Å². The molecule has 2 aliphatic rings. The van der Waals surface area contributed by atoms with Gasteiger partial charge in [-0.2, -0.15) is 0 Å². The number of piperidine rings is 1. The lowest BCUT2D eigenvalue weighted by molar-refractivity contribution is -0.301. The number of fused-ring (bicyclic) bond motifs is 2. The first-order chi connectivity index (χ1) is 14.4. The summed E-state index contributed by atoms with van der Waals surface area (Å²) in [6, 6.07) is 10.6. The number of benzene rings is 1. The van der Waals surface area contributed by atoms with E-state index in [4.69, 9.17) is 0 Å². The molecular weight excluding hydrogens is 402 g/mol. The van der Waals surface area contributed by atoms with Gasteiger partial charge in [-0.3, -0.25) is 4.79 Å². The number of hydrogen-bond donors (Lipinski definition) is 0. The van der Waals surface area contributed by atoms with Crippen LogP contribution in [0.25, 0.3) is 5.57 Å². The van der Waals surface area contributed by atoms with Crippen LogP contribution in [-0.4, -0.2) is 42.8 Å². The van der Waals surface area contributed by atoms with Crippen LogP contribution in [0, 0.1) is 0 Å². The zero-order chi connectivity index (χ0) is 21.7. The van der Waals surface area contributed by atoms with Gasteiger partial charge in [0.05, 0.1) is 16.8 Å². The molecule has 1 aliphatic carbocycles. The number of ketones is 1. The second-order valence-electron chi connectivity index (χ2n) is 7.17. The summed E-state index contributed by atoms with van der Waals surface area (Å²) in [4.78, 5) is 34.7. The van der Waals surface area contributed by atoms with Gasteiger partial charge in [0.1, 0.15) is 0 Å². The first-order valence-corrected chi connectivity index (χ1v) is 10.4. The van der Waals surface area contributed by atoms with Gasteiger partial charge in [-0.05, 0) is 60.2 Å². The average Bonchev–Trinajstić information content (AvgIpc) is 3.15. The third-order valence-electron chi connectivity index (χ3n) is 5.13. The number of nitrogens with zero attached hydrogens (tertiary/aromatic N) is 1. The molecule has 0 spiro atoms. The zero-order valence-corrected chi connectivity index (χ0v) is 17.4. The fourth-order valence-electron chi connectivity index (χ4n) is 3.69. The highest BCUT2D eigenvalue weighted by Gasteiger charge is 2.27. The summed E-state index contributed by atoms with van der Waals surface area (Å²) >= 11 is 1.59. The maximum absolute atomic E-state index is 12.6. The van der Waals surface area contributed by atoms with Crippen molar-refractivity contribution < 1.29 is 24.6 Å². The van der Waals surface area contributed by atoms with Crippen molar-refractivity contribution in [1.82, 2.24) is 4.90 Å². The highest BCUT2D eigenvalue weighted by Crippen LogP contribution is 2.40. The Bertz CT molecular complexity index is 1010. The van der Waals surface area contributed by atoms with Gasteiger partial charge < -0.3 is 24.7 Å². The van der Waals surface area contributed by atoms with Crippen LogP contribution in [0.1, 0.15) is 39.2 Å². The summed E-state index contributed by atoms with van der Waals surface area (Å²) in [6.45, 7) is 2.21. The number of thiophene rings is 1. The van der Waals surface area contributed by atoms with Crippen LogP contribution >= 0.6 is 11.3 Å². The molecule has 30 heavy (non-hydrogen) atoms. The Morgan fingerprint density at radius 3 is 2.27 bits per heavy atom. The van der Waals surface area contributed by atoms with E-state index < -0.39 is 11.9 Å². The Hall–Kier alpha value is -3.03. The van der Waals surface area contributed by atoms with E-state index in [9.17, 15) is 24.6 Å². The van der Waals surface area contributed by atoms with Crippen LogP contribution in [0.4, 0.5) is 0 Å². The van der Waals surface area contributed by atoms with E-state index in [1.807, 2.05) is 6.07 Å². The molecule has 6 nitrogen and oxygen atoms in total. The predicted molar refractivity (Wildman–Crippen MR) is 111 cm³/mol. The lowest BCUT2D eigenvalue weighted by Crippen LogP contribution is -2.27. The molecule has 1 aromatic heterocycles. The van der Waals surface area contributed by atoms with Crippen LogP contribution in [0.2, 0.25) is 0 Å². The summed E-state index contributed by atoms with van der Waals surface area (Å²) < 4.78 is 0. The van der Waals surface area contributed by atoms with Crippen molar-refractivity contribution in [2.24, 2.45) is 0 Å². The summed E-state index contributed by atoms with van der Waals surface area (Å²) in [5.41, 5.74) is 6.47. The minimum absolute atomic E-state index is 0.265. The number of rotatable bonds is 2. The molecule has 4 rings (SSSR count). The van der Waals surface area contributed by atoms with Gasteiger partial charge >= 0.3 is 0 Å². The summed E-state index contributed by atoms with van der Waals surface area (Å²) in [5, 5.41) is 20.9. The van der Waals surface area contributed by atoms with Crippen LogP contribution in [0.15, 0.2) is 53.4 Å². The smallest absolute Gasteiger partial charge is 0.177 e. The number of likely N-dealkylation sites (tertiary alicyclic amines) is 1. The van der Waals surface area contributed by atoms with E-state index in [1.165, 1.54) is 27.8 Å². The molecular formula is C23H21NO5S-2. The first kappa shape index (κ1) is 21.7. The van der Waals surface area contributed by atoms with Crippen molar-refractivity contribution in [1.29, 1.82) is 0 Å². The van der Waals surface area contributed by atoms with Crippen molar-refractivity contribution in [3.63, 3.8) is 0 Å². The number of carbonyl (C=O) groups excluding carboxylic acids is 3. The quantitative estimate of drug-likeness (QED) is 0.670. The highest BCUT2D eigenvalue weighted by atomic mass is 32.1. The van der Waals surface area contributed by atoms with E-state index in [0.717, 1.165) is 30.8 Å². The second-order valence-corrected chi connectivity index (χ2v) is 8.09. The minimum Gasteiger partial charge on any atom is -0.545 e. The Balaban J connectivity index is 0.000000275. The molecule has 7 heteroatoms. The first-order valence-electron chi connectivity index (χ1n) is 9.56. The Labute approximate surface area is 178 Å². The number of carboxylic acid groups (broad SMARTS) is 2. The predicted octanol–water partition coefficient (Wildman–Crippen LogP) is 1.06. The highest BCUT2D eigenvalue weighted by molar-refractivity contribution is 7.12. The van der Waals surface area contributed by atoms with Crippen LogP contribution < -0.4 is 10.2 Å². The Morgan fingerprint density at radius 2 is 1.63 bits per heavy atom. The molecule has 1 saturated heterocycles. The maximum Gasteiger partial charge on any atom is 0.177 e. The zero-order valence-electron chi connectivity index (χ0n) is 16.6. The largest absolute Gasteiger partial charge is 0.545 e. The van der Waals surface area contributed by atoms with Crippen LogP contribution in [0.3, 0.4) is 0 Å². The normalized spacial score (nSPS) is 16.4. The van der Waals surface area contributed by atoms with Crippen LogP contribution in [0.5, 0.6) is 0 Å². The number of aliphatic carboxylic acids is 2. The molecule has 0 unspecified atom stereocenters. The van der Waals surface area contributed by atoms with E-state index in [1.54, 1.807) is 11.3 Å². The fraction of sp³-hybridized carbons (Fsp3) is 0.261. The van der Waals surface area contributed by atoms with E-state index in [0.29, 0.717) is 18.6 Å². The van der Waals surface area contributed by atoms with Crippen molar-refractivity contribution in [2.45, 2.75) is 19.3 Å². The monoisotopic (exact) mass is 423 g/mol. The molecule has 0 N–H and O–H groups in total. The van der Waals surface area contributed by atoms with E-state index >= 15 is 0 Å². The van der Waals surface area contributed by atoms with Gasteiger partial charge in [-0.25, -0.2) is 0 Å². The number of carbonyl (C=O) groups is 3. The molecule has 156 valence electrons. The summed E-state index contributed by atoms with van der Waals surface area (Å²) in [6.07, 6.45) is 3.50. The molecule has 0 amide bonds. The standard InChI is InChI=1S/C19H19NOS.C4H4O4/c1-20-9-6-13(7-10-20)18-15-5-3-2-4-14(15)12-17(21)19-16(18)8-11-22-19;5-3(6)1-2-4(7)8/h2-5,8,11H,6-7,9-10,12H2,1H3;1-2H,(H,5,6)(H,7,8)/p-2/b;2-1-. The third-order valence-corrected chi connectivity index (χ3v) is 6.08. The molecule has 0 saturated carbocycles. The Kier molecular flexibility index (Phi) is 6.97. The number of Topliss-reactive ketones (excluding diaryl/α,β-unsaturated/α-hetero) is 1. The molecule has 0 bridgehead atoms. The SMILES string of the molecule is CN1CCC(=C2c3ccccc3CC(=O)c3sccc32)CC1.O=C([O-])/C=C\C(=O)[O-]. The van der Waals surface area contributed by atoms with E-state index in [2.05, 4.69) is 41.6 Å². The minimum atomic E-state index is -1.55. The van der Waals surface area contributed by atoms with Gasteiger partial charge in [0.2, 0.25) is 0 Å². The molecule has 0 radical (unpaired) electrons. The van der Waals surface area contributed by atoms with Crippen LogP contribution in [-0.2, 0) is 16.0 Å². The average molecular weight is 423 g/mol. The molecule has 2 heterocycles. The fourth-order valence-corrected chi connectivity index (χ4v) is 4.54. The number of carboxylic acids is 2. The van der Waals surface area contributed by atoms with Gasteiger partial charge in [0, 0.05) is 25.1 Å². The van der Waals surface area contributed by atoms with Gasteiger partial charge in [0.15, 0.2) is 5.78 Å². The number of hydrogen-bond acceptors (Lipinski definition) is 7. The second kappa shape index (κ2) is 9.65. The topological polar surface area (TPSA) is 101 Å². The molecule has 1 fully saturated rings. The van der Waals surface area contributed by atoms with Gasteiger partial charge in [-0.1, -0.05) is 29.8 Å². The van der Waals surface area contributed by atoms with Crippen molar-refractivity contribution >= 4 is 34.6 Å². The summed E-state index contributed by atoms with van der Waals surface area (Å²) in [7, 11) is 2.18. The molecule has 1 aliphatic heterocycles. The lowest BCUT2D eigenvalue weighted by Gasteiger charge is -2.27. The Morgan fingerprint density at radius 1 is 1.00 bits per heavy atom. The lowest BCUT2D eigenvalue weighted by atomic mass is 9.88. The van der Waals surface area contributed by atoms with E-state index in [-0.39, 0.29) is 5.78 Å². The summed E-state index contributed by atoms with van der Waals surface area (Å²) in [5.74, 6) is -2.83. The van der Waals surface area contributed by atoms with Crippen molar-refractivity contribution in [3.8, 4) is 0 Å². The maximum atomic E-state index is 12.6. The molecule has 2 aromatic rings. The molecule has 0 atom stereocenters. The molecule has 1 aromatic carbocycles. The van der Waals surface area contributed by atoms with Crippen molar-refractivity contribution in [3.05, 3.63) is 75.0 Å². The van der Waals surface area contributed by atoms with Gasteiger partial charge in [0.25, 0.3) is 0 Å². The third kappa shape index (κ3) is 5.11. The van der Waals surface area contributed by atoms with Crippen molar-refractivity contribution in [2.75, 3.05) is 20.1 Å².